The molecule has 0 amide bonds. The molecule has 1 saturated heterocycles. The first-order valence-electron chi connectivity index (χ1n) is 6.41. The molecule has 2 aliphatic rings. The van der Waals surface area contributed by atoms with Crippen LogP contribution in [0.5, 0.6) is 5.75 Å². The van der Waals surface area contributed by atoms with Gasteiger partial charge in [0.25, 0.3) is 0 Å². The van der Waals surface area contributed by atoms with Crippen LogP contribution in [0.4, 0.5) is 0 Å². The number of nitrogens with one attached hydrogen (secondary N) is 2. The summed E-state index contributed by atoms with van der Waals surface area (Å²) in [5, 5.41) is 6.96. The number of fused-ring (bicyclic) bond motifs is 1. The fourth-order valence-corrected chi connectivity index (χ4v) is 3.13. The summed E-state index contributed by atoms with van der Waals surface area (Å²) in [6.07, 6.45) is -0.660. The molecule has 1 aromatic rings. The van der Waals surface area contributed by atoms with Crippen LogP contribution in [0, 0.1) is 0 Å². The molecular weight excluding hydrogens is 276 g/mol. The topological polar surface area (TPSA) is 67.4 Å². The molecule has 2 heterocycles. The molecule has 104 valence electrons. The van der Waals surface area contributed by atoms with Crippen molar-refractivity contribution in [3.63, 3.8) is 0 Å². The van der Waals surface area contributed by atoms with Crippen LogP contribution in [0.3, 0.4) is 0 Å². The van der Waals surface area contributed by atoms with Crippen LogP contribution >= 0.6 is 10.9 Å². The average molecular weight is 290 g/mol. The Morgan fingerprint density at radius 3 is 2.65 bits per heavy atom. The Labute approximate surface area is 119 Å². The molecule has 0 saturated carbocycles. The van der Waals surface area contributed by atoms with Gasteiger partial charge in [-0.1, -0.05) is 12.1 Å². The zero-order chi connectivity index (χ0) is 14.1. The van der Waals surface area contributed by atoms with E-state index in [2.05, 4.69) is 10.6 Å². The quantitative estimate of drug-likeness (QED) is 0.677. The standard InChI is InChI=1S/C14H14N2O3S/c1-8-11(17)13(20-14-15-6-7-16-14)12(18)9-4-2-3-5-10(9)19-8/h2-5,8,15-16H,6-7H2,1H3. The van der Waals surface area contributed by atoms with Gasteiger partial charge in [-0.15, -0.1) is 10.9 Å². The molecule has 1 fully saturated rings. The minimum absolute atomic E-state index is 0.194. The monoisotopic (exact) mass is 290 g/mol. The van der Waals surface area contributed by atoms with Crippen LogP contribution in [0.1, 0.15) is 17.3 Å². The van der Waals surface area contributed by atoms with Gasteiger partial charge in [0.2, 0.25) is 11.6 Å². The maximum Gasteiger partial charge on any atom is 0.216 e. The fourth-order valence-electron chi connectivity index (χ4n) is 2.11. The lowest BCUT2D eigenvalue weighted by atomic mass is 10.1. The molecule has 3 rings (SSSR count). The Morgan fingerprint density at radius 2 is 1.90 bits per heavy atom. The molecule has 0 bridgehead atoms. The Balaban J connectivity index is 2.16. The van der Waals surface area contributed by atoms with E-state index in [0.29, 0.717) is 11.3 Å². The van der Waals surface area contributed by atoms with E-state index in [9.17, 15) is 9.59 Å². The smallest absolute Gasteiger partial charge is 0.216 e. The van der Waals surface area contributed by atoms with E-state index in [0.717, 1.165) is 29.1 Å². The molecule has 5 nitrogen and oxygen atoms in total. The van der Waals surface area contributed by atoms with Crippen molar-refractivity contribution in [3.8, 4) is 5.75 Å². The Bertz CT molecular complexity index is 654. The highest BCUT2D eigenvalue weighted by molar-refractivity contribution is 8.00. The number of benzene rings is 1. The van der Waals surface area contributed by atoms with Crippen molar-refractivity contribution in [2.24, 2.45) is 0 Å². The molecule has 0 spiro atoms. The summed E-state index contributed by atoms with van der Waals surface area (Å²) in [7, 11) is 1.16. The van der Waals surface area contributed by atoms with E-state index < -0.39 is 6.10 Å². The number of Topliss-reactive ketones (excluding diaryl/α,β-unsaturated/α-hetero) is 2. The first-order valence-corrected chi connectivity index (χ1v) is 7.22. The Morgan fingerprint density at radius 1 is 1.20 bits per heavy atom. The predicted molar refractivity (Wildman–Crippen MR) is 79.5 cm³/mol. The van der Waals surface area contributed by atoms with E-state index in [1.165, 1.54) is 0 Å². The molecule has 0 aliphatic carbocycles. The highest BCUT2D eigenvalue weighted by Crippen LogP contribution is 2.24. The first-order chi connectivity index (χ1) is 9.66. The molecule has 0 aromatic heterocycles. The maximum atomic E-state index is 12.6. The number of carbonyl (C=O) groups is 2. The minimum Gasteiger partial charge on any atom is -0.482 e. The third-order valence-corrected chi connectivity index (χ3v) is 4.22. The van der Waals surface area contributed by atoms with Gasteiger partial charge in [-0.05, 0) is 19.1 Å². The van der Waals surface area contributed by atoms with E-state index in [1.54, 1.807) is 31.2 Å². The lowest BCUT2D eigenvalue weighted by molar-refractivity contribution is -0.118. The number of rotatable bonds is 0. The van der Waals surface area contributed by atoms with Crippen LogP contribution in [0.15, 0.2) is 24.3 Å². The fraction of sp³-hybridized carbons (Fsp3) is 0.286. The lowest BCUT2D eigenvalue weighted by Gasteiger charge is -2.09. The van der Waals surface area contributed by atoms with E-state index in [1.807, 2.05) is 0 Å². The number of hydrogen-bond acceptors (Lipinski definition) is 3. The highest BCUT2D eigenvalue weighted by atomic mass is 32.1. The molecule has 1 atom stereocenters. The molecule has 2 aliphatic heterocycles. The lowest BCUT2D eigenvalue weighted by Crippen LogP contribution is -2.32. The zero-order valence-electron chi connectivity index (χ0n) is 10.9. The number of hydrogen-bond donors (Lipinski definition) is 2. The van der Waals surface area contributed by atoms with Gasteiger partial charge < -0.3 is 4.74 Å². The molecule has 1 aromatic carbocycles. The van der Waals surface area contributed by atoms with Gasteiger partial charge in [-0.3, -0.25) is 20.2 Å². The molecule has 1 unspecified atom stereocenters. The van der Waals surface area contributed by atoms with Crippen molar-refractivity contribution in [2.45, 2.75) is 13.0 Å². The van der Waals surface area contributed by atoms with Gasteiger partial charge in [0.1, 0.15) is 15.7 Å². The van der Waals surface area contributed by atoms with Crippen molar-refractivity contribution in [3.05, 3.63) is 29.8 Å². The zero-order valence-corrected chi connectivity index (χ0v) is 11.8. The summed E-state index contributed by atoms with van der Waals surface area (Å²) in [5.74, 6) is -0.0894. The Kier molecular flexibility index (Phi) is 3.52. The third kappa shape index (κ3) is 2.33. The molecule has 2 N–H and O–H groups in total. The predicted octanol–water partition coefficient (Wildman–Crippen LogP) is 0.405. The first kappa shape index (κ1) is 13.2. The summed E-state index contributed by atoms with van der Waals surface area (Å²) in [4.78, 5) is 25.1. The van der Waals surface area contributed by atoms with Gasteiger partial charge in [-0.25, -0.2) is 0 Å². The number of para-hydroxylation sites is 1. The molecule has 0 radical (unpaired) electrons. The summed E-state index contributed by atoms with van der Waals surface area (Å²) < 4.78 is 5.58. The molecule has 20 heavy (non-hydrogen) atoms. The highest BCUT2D eigenvalue weighted by Gasteiger charge is 2.32. The third-order valence-electron chi connectivity index (χ3n) is 3.13. The van der Waals surface area contributed by atoms with Crippen LogP contribution in [0.25, 0.3) is 0 Å². The van der Waals surface area contributed by atoms with Crippen LogP contribution in [0.2, 0.25) is 0 Å². The number of ether oxygens (including phenoxy) is 1. The molecular formula is C14H14N2O3S. The molecule has 6 heteroatoms. The van der Waals surface area contributed by atoms with Gasteiger partial charge in [0.15, 0.2) is 6.10 Å². The number of ketones is 2. The van der Waals surface area contributed by atoms with E-state index in [4.69, 9.17) is 4.74 Å². The van der Waals surface area contributed by atoms with Crippen LogP contribution in [-0.2, 0) is 4.79 Å². The van der Waals surface area contributed by atoms with Gasteiger partial charge in [0, 0.05) is 13.1 Å². The second kappa shape index (κ2) is 5.32. The second-order valence-corrected chi connectivity index (χ2v) is 5.58. The average Bonchev–Trinajstić information content (AvgIpc) is 2.94. The van der Waals surface area contributed by atoms with Crippen LogP contribution in [-0.4, -0.2) is 40.7 Å². The van der Waals surface area contributed by atoms with Crippen molar-refractivity contribution in [1.82, 2.24) is 10.6 Å². The Hall–Kier alpha value is -1.76. The van der Waals surface area contributed by atoms with Gasteiger partial charge >= 0.3 is 0 Å². The summed E-state index contributed by atoms with van der Waals surface area (Å²) in [6, 6.07) is 6.95. The van der Waals surface area contributed by atoms with Crippen molar-refractivity contribution in [2.75, 3.05) is 13.1 Å². The summed E-state index contributed by atoms with van der Waals surface area (Å²) in [6.45, 7) is 3.25. The van der Waals surface area contributed by atoms with Crippen molar-refractivity contribution in [1.29, 1.82) is 0 Å². The van der Waals surface area contributed by atoms with E-state index in [-0.39, 0.29) is 16.4 Å². The summed E-state index contributed by atoms with van der Waals surface area (Å²) in [5.41, 5.74) is 0.436. The van der Waals surface area contributed by atoms with Gasteiger partial charge in [0.05, 0.1) is 5.56 Å². The minimum atomic E-state index is -0.660. The normalized spacial score (nSPS) is 22.4. The van der Waals surface area contributed by atoms with E-state index >= 15 is 0 Å². The second-order valence-electron chi connectivity index (χ2n) is 4.56. The van der Waals surface area contributed by atoms with Gasteiger partial charge in [-0.2, -0.15) is 0 Å². The maximum absolute atomic E-state index is 12.6. The largest absolute Gasteiger partial charge is 0.482 e. The SMILES string of the molecule is CC1Oc2ccccc2C(=O)C(=S=C2NCCN2)C1=O. The van der Waals surface area contributed by atoms with Crippen LogP contribution < -0.4 is 15.4 Å². The number of carbonyl (C=O) groups excluding carboxylic acids is 2. The van der Waals surface area contributed by atoms with Crippen molar-refractivity contribution >= 4 is 32.5 Å². The summed E-state index contributed by atoms with van der Waals surface area (Å²) >= 11 is 0. The van der Waals surface area contributed by atoms with Crippen molar-refractivity contribution < 1.29 is 14.3 Å².